The summed E-state index contributed by atoms with van der Waals surface area (Å²) in [6.07, 6.45) is 5.32. The highest BCUT2D eigenvalue weighted by Gasteiger charge is 2.76. The Balaban J connectivity index is 1.80. The van der Waals surface area contributed by atoms with Gasteiger partial charge in [-0.1, -0.05) is 51.5 Å². The molecular formula is C44H58O11S. The van der Waals surface area contributed by atoms with Gasteiger partial charge in [0.05, 0.1) is 5.41 Å². The smallest absolute Gasteiger partial charge is 0.330 e. The van der Waals surface area contributed by atoms with E-state index < -0.39 is 93.9 Å². The van der Waals surface area contributed by atoms with Crippen LogP contribution in [0.3, 0.4) is 0 Å². The highest BCUT2D eigenvalue weighted by molar-refractivity contribution is 7.99. The topological polar surface area (TPSA) is 152 Å². The highest BCUT2D eigenvalue weighted by Crippen LogP contribution is 2.72. The molecule has 2 saturated carbocycles. The molecule has 12 heteroatoms. The SMILES string of the molecule is CCCCSc1ccccc1/C(C)=C\[C@]1(O)C(C)=C[C@@H](OC(C)=O)[C@]2(C)C3C(OC(C)=O)[C@H](OC(C)=O)[C@@]4(C(C)OC(C)=O)COC(=O)C=CC4[C@]3(C)CCC21. The van der Waals surface area contributed by atoms with Crippen LogP contribution in [0.15, 0.2) is 59.0 Å². The lowest BCUT2D eigenvalue weighted by Crippen LogP contribution is -2.76. The summed E-state index contributed by atoms with van der Waals surface area (Å²) in [5.74, 6) is -4.21. The summed E-state index contributed by atoms with van der Waals surface area (Å²) in [5.41, 5.74) is -2.60. The summed E-state index contributed by atoms with van der Waals surface area (Å²) < 4.78 is 30.4. The Kier molecular flexibility index (Phi) is 12.8. The molecule has 2 fully saturated rings. The lowest BCUT2D eigenvalue weighted by atomic mass is 9.36. The Morgan fingerprint density at radius 1 is 1.00 bits per heavy atom. The van der Waals surface area contributed by atoms with Crippen molar-refractivity contribution in [3.05, 3.63) is 59.7 Å². The van der Waals surface area contributed by atoms with Crippen LogP contribution < -0.4 is 0 Å². The maximum Gasteiger partial charge on any atom is 0.330 e. The van der Waals surface area contributed by atoms with Crippen LogP contribution in [0.25, 0.3) is 5.57 Å². The fourth-order valence-corrected chi connectivity index (χ4v) is 12.1. The summed E-state index contributed by atoms with van der Waals surface area (Å²) in [6.45, 7) is 16.4. The first-order chi connectivity index (χ1) is 26.3. The van der Waals surface area contributed by atoms with Crippen LogP contribution >= 0.6 is 11.8 Å². The first-order valence-electron chi connectivity index (χ1n) is 19.6. The number of rotatable bonds is 11. The van der Waals surface area contributed by atoms with E-state index in [4.69, 9.17) is 23.7 Å². The number of ether oxygens (including phenoxy) is 5. The van der Waals surface area contributed by atoms with Gasteiger partial charge in [-0.3, -0.25) is 19.2 Å². The number of hydrogen-bond donors (Lipinski definition) is 1. The minimum atomic E-state index is -1.56. The van der Waals surface area contributed by atoms with E-state index in [2.05, 4.69) is 19.1 Å². The fraction of sp³-hybridized carbons (Fsp3) is 0.614. The Morgan fingerprint density at radius 3 is 2.29 bits per heavy atom. The van der Waals surface area contributed by atoms with Gasteiger partial charge >= 0.3 is 29.8 Å². The first kappa shape index (κ1) is 43.2. The molecule has 0 amide bonds. The average molecular weight is 795 g/mol. The molecule has 1 aliphatic heterocycles. The summed E-state index contributed by atoms with van der Waals surface area (Å²) in [5, 5.41) is 13.3. The Bertz CT molecular complexity index is 1820. The van der Waals surface area contributed by atoms with E-state index in [0.29, 0.717) is 18.4 Å². The molecule has 0 aromatic heterocycles. The quantitative estimate of drug-likeness (QED) is 0.0794. The Labute approximate surface area is 334 Å². The van der Waals surface area contributed by atoms with Crippen LogP contribution in [-0.4, -0.2) is 77.3 Å². The number of carbonyl (C=O) groups is 5. The molecule has 1 heterocycles. The van der Waals surface area contributed by atoms with Crippen LogP contribution in [0, 0.1) is 34.0 Å². The number of allylic oxidation sites excluding steroid dienone is 2. The monoisotopic (exact) mass is 794 g/mol. The zero-order valence-corrected chi connectivity index (χ0v) is 35.2. The third-order valence-electron chi connectivity index (χ3n) is 13.1. The van der Waals surface area contributed by atoms with E-state index in [0.717, 1.165) is 34.6 Å². The molecule has 1 aromatic rings. The molecular weight excluding hydrogens is 737 g/mol. The van der Waals surface area contributed by atoms with Crippen molar-refractivity contribution in [2.75, 3.05) is 12.4 Å². The molecule has 306 valence electrons. The van der Waals surface area contributed by atoms with Crippen LogP contribution in [0.5, 0.6) is 0 Å². The summed E-state index contributed by atoms with van der Waals surface area (Å²) >= 11 is 1.78. The van der Waals surface area contributed by atoms with Gasteiger partial charge in [-0.2, -0.15) is 0 Å². The van der Waals surface area contributed by atoms with Crippen LogP contribution in [0.4, 0.5) is 0 Å². The van der Waals surface area contributed by atoms with Crippen molar-refractivity contribution in [1.29, 1.82) is 0 Å². The zero-order chi connectivity index (χ0) is 41.4. The molecule has 5 rings (SSSR count). The van der Waals surface area contributed by atoms with Crippen LogP contribution in [-0.2, 0) is 47.7 Å². The van der Waals surface area contributed by atoms with Crippen LogP contribution in [0.1, 0.15) is 100 Å². The van der Waals surface area contributed by atoms with Gasteiger partial charge < -0.3 is 28.8 Å². The van der Waals surface area contributed by atoms with Crippen molar-refractivity contribution in [3.63, 3.8) is 0 Å². The molecule has 1 N–H and O–H groups in total. The number of aliphatic hydroxyl groups is 1. The second-order valence-corrected chi connectivity index (χ2v) is 17.7. The van der Waals surface area contributed by atoms with Crippen molar-refractivity contribution < 1.29 is 52.8 Å². The maximum absolute atomic E-state index is 13.3. The maximum atomic E-state index is 13.3. The number of thioether (sulfide) groups is 1. The number of fused-ring (bicyclic) bond motifs is 5. The van der Waals surface area contributed by atoms with Crippen molar-refractivity contribution in [2.24, 2.45) is 34.0 Å². The number of unbranched alkanes of at least 4 members (excludes halogenated alkanes) is 1. The van der Waals surface area contributed by atoms with Gasteiger partial charge in [-0.25, -0.2) is 4.79 Å². The lowest BCUT2D eigenvalue weighted by Gasteiger charge is -2.70. The van der Waals surface area contributed by atoms with E-state index >= 15 is 0 Å². The number of hydrogen-bond acceptors (Lipinski definition) is 12. The molecule has 0 spiro atoms. The minimum Gasteiger partial charge on any atom is -0.462 e. The molecule has 4 aliphatic rings. The second kappa shape index (κ2) is 16.5. The number of esters is 5. The van der Waals surface area contributed by atoms with Gasteiger partial charge in [-0.15, -0.1) is 11.8 Å². The van der Waals surface area contributed by atoms with E-state index in [9.17, 15) is 29.1 Å². The Morgan fingerprint density at radius 2 is 1.66 bits per heavy atom. The second-order valence-electron chi connectivity index (χ2n) is 16.6. The molecule has 3 aliphatic carbocycles. The molecule has 11 nitrogen and oxygen atoms in total. The van der Waals surface area contributed by atoms with Gasteiger partial charge in [0.1, 0.15) is 30.5 Å². The van der Waals surface area contributed by atoms with Crippen molar-refractivity contribution in [3.8, 4) is 0 Å². The van der Waals surface area contributed by atoms with E-state index in [-0.39, 0.29) is 6.61 Å². The lowest BCUT2D eigenvalue weighted by molar-refractivity contribution is -0.301. The summed E-state index contributed by atoms with van der Waals surface area (Å²) in [6, 6.07) is 8.13. The number of carbonyl (C=O) groups excluding carboxylic acids is 5. The highest BCUT2D eigenvalue weighted by atomic mass is 32.2. The third kappa shape index (κ3) is 7.60. The van der Waals surface area contributed by atoms with E-state index in [1.165, 1.54) is 33.8 Å². The third-order valence-corrected chi connectivity index (χ3v) is 14.3. The van der Waals surface area contributed by atoms with Gasteiger partial charge in [0.2, 0.25) is 0 Å². The van der Waals surface area contributed by atoms with Crippen LogP contribution in [0.2, 0.25) is 0 Å². The van der Waals surface area contributed by atoms with E-state index in [1.807, 2.05) is 45.9 Å². The summed E-state index contributed by atoms with van der Waals surface area (Å²) in [4.78, 5) is 66.2. The largest absolute Gasteiger partial charge is 0.462 e. The number of cyclic esters (lactones) is 1. The number of benzene rings is 1. The molecule has 5 unspecified atom stereocenters. The predicted octanol–water partition coefficient (Wildman–Crippen LogP) is 7.19. The molecule has 1 aromatic carbocycles. The van der Waals surface area contributed by atoms with Gasteiger partial charge in [-0.05, 0) is 92.0 Å². The van der Waals surface area contributed by atoms with Crippen molar-refractivity contribution >= 4 is 47.2 Å². The first-order valence-corrected chi connectivity index (χ1v) is 20.6. The normalized spacial score (nSPS) is 35.6. The average Bonchev–Trinajstić information content (AvgIpc) is 3.28. The molecule has 11 atom stereocenters. The summed E-state index contributed by atoms with van der Waals surface area (Å²) in [7, 11) is 0. The predicted molar refractivity (Wildman–Crippen MR) is 211 cm³/mol. The van der Waals surface area contributed by atoms with Crippen molar-refractivity contribution in [2.45, 2.75) is 130 Å². The zero-order valence-electron chi connectivity index (χ0n) is 34.3. The molecule has 0 saturated heterocycles. The molecule has 0 bridgehead atoms. The Hall–Kier alpha value is -3.90. The van der Waals surface area contributed by atoms with Gasteiger partial charge in [0.15, 0.2) is 6.10 Å². The van der Waals surface area contributed by atoms with Gasteiger partial charge in [0.25, 0.3) is 0 Å². The molecule has 0 radical (unpaired) electrons. The standard InChI is InChI=1S/C44H58O11S/c1-11-12-21-56-33-16-14-13-15-32(33)25(2)23-44(50)26(3)22-36(53-29(6)46)42(10)35(44)19-20-41(9)34-17-18-37(49)51-24-43(34,27(4)52-28(5)45)40(55-31(8)48)38(39(41)42)54-30(7)47/h13-18,22-23,27,34-36,38-40,50H,11-12,19-21,24H2,1-10H3/b25-23-/t27?,34?,35?,36-,38?,39?,40+,41+,42-,43-,44+/m1/s1. The van der Waals surface area contributed by atoms with Crippen molar-refractivity contribution in [1.82, 2.24) is 0 Å². The molecule has 56 heavy (non-hydrogen) atoms. The fourth-order valence-electron chi connectivity index (χ4n) is 10.9. The van der Waals surface area contributed by atoms with E-state index in [1.54, 1.807) is 30.8 Å². The van der Waals surface area contributed by atoms with Gasteiger partial charge in [0, 0.05) is 55.9 Å². The minimum absolute atomic E-state index is 0.315.